The Labute approximate surface area is 193 Å². The molecule has 1 N–H and O–H groups in total. The molecular formula is C24H22BrN5O2. The van der Waals surface area contributed by atoms with E-state index in [0.717, 1.165) is 45.2 Å². The number of nitrogens with zero attached hydrogens (tertiary/aromatic N) is 4. The average Bonchev–Trinajstić information content (AvgIpc) is 3.50. The molecule has 2 aromatic heterocycles. The van der Waals surface area contributed by atoms with Crippen molar-refractivity contribution in [3.63, 3.8) is 0 Å². The Morgan fingerprint density at radius 3 is 2.59 bits per heavy atom. The number of aromatic nitrogens is 4. The average molecular weight is 492 g/mol. The topological polar surface area (TPSA) is 81.8 Å². The van der Waals surface area contributed by atoms with Gasteiger partial charge in [0.1, 0.15) is 12.1 Å². The molecule has 1 fully saturated rings. The largest absolute Gasteiger partial charge is 0.324 e. The molecule has 1 saturated carbocycles. The SMILES string of the molecule is Cc1ccc(-n2ncc3c(C4CC4)nn(CC(=O)Nc4ccc(Br)cc4)c(=O)c32)c(C)c1. The van der Waals surface area contributed by atoms with Crippen LogP contribution in [0.15, 0.2) is 57.9 Å². The molecule has 0 spiro atoms. The minimum absolute atomic E-state index is 0.164. The maximum Gasteiger partial charge on any atom is 0.293 e. The molecule has 162 valence electrons. The van der Waals surface area contributed by atoms with Crippen LogP contribution in [0.3, 0.4) is 0 Å². The summed E-state index contributed by atoms with van der Waals surface area (Å²) in [4.78, 5) is 26.1. The number of carbonyl (C=O) groups excluding carboxylic acids is 1. The van der Waals surface area contributed by atoms with Gasteiger partial charge in [-0.2, -0.15) is 10.2 Å². The predicted octanol–water partition coefficient (Wildman–Crippen LogP) is 4.48. The first-order chi connectivity index (χ1) is 15.4. The molecule has 0 aliphatic heterocycles. The van der Waals surface area contributed by atoms with Gasteiger partial charge >= 0.3 is 0 Å². The lowest BCUT2D eigenvalue weighted by Gasteiger charge is -2.12. The molecule has 0 atom stereocenters. The number of benzene rings is 2. The number of carbonyl (C=O) groups is 1. The smallest absolute Gasteiger partial charge is 0.293 e. The van der Waals surface area contributed by atoms with E-state index >= 15 is 0 Å². The van der Waals surface area contributed by atoms with E-state index in [-0.39, 0.29) is 18.0 Å². The number of amides is 1. The van der Waals surface area contributed by atoms with E-state index in [4.69, 9.17) is 0 Å². The molecule has 0 radical (unpaired) electrons. The number of aryl methyl sites for hydroxylation is 2. The predicted molar refractivity (Wildman–Crippen MR) is 127 cm³/mol. The van der Waals surface area contributed by atoms with E-state index in [1.54, 1.807) is 23.0 Å². The van der Waals surface area contributed by atoms with Gasteiger partial charge in [-0.3, -0.25) is 9.59 Å². The standard InChI is InChI=1S/C24H22BrN5O2/c1-14-3-10-20(15(2)11-14)30-23-19(12-26-30)22(16-4-5-16)28-29(24(23)32)13-21(31)27-18-8-6-17(25)7-9-18/h3,6-12,16H,4-5,13H2,1-2H3,(H,27,31). The third-order valence-electron chi connectivity index (χ3n) is 5.68. The van der Waals surface area contributed by atoms with Gasteiger partial charge in [0.05, 0.1) is 17.6 Å². The Kier molecular flexibility index (Phi) is 5.17. The zero-order valence-electron chi connectivity index (χ0n) is 17.8. The number of rotatable bonds is 5. The number of fused-ring (bicyclic) bond motifs is 1. The molecule has 7 nitrogen and oxygen atoms in total. The molecule has 1 aliphatic rings. The highest BCUT2D eigenvalue weighted by Crippen LogP contribution is 2.41. The van der Waals surface area contributed by atoms with Crippen molar-refractivity contribution in [3.8, 4) is 5.69 Å². The Bertz CT molecular complexity index is 1400. The number of anilines is 1. The maximum absolute atomic E-state index is 13.4. The fraction of sp³-hybridized carbons (Fsp3) is 0.250. The zero-order chi connectivity index (χ0) is 22.4. The number of halogens is 1. The van der Waals surface area contributed by atoms with Crippen LogP contribution in [0.4, 0.5) is 5.69 Å². The van der Waals surface area contributed by atoms with Crippen LogP contribution in [-0.2, 0) is 11.3 Å². The molecule has 8 heteroatoms. The van der Waals surface area contributed by atoms with Crippen molar-refractivity contribution in [1.29, 1.82) is 0 Å². The summed E-state index contributed by atoms with van der Waals surface area (Å²) in [5, 5.41) is 12.7. The highest BCUT2D eigenvalue weighted by molar-refractivity contribution is 9.10. The molecular weight excluding hydrogens is 470 g/mol. The van der Waals surface area contributed by atoms with Crippen LogP contribution in [0, 0.1) is 13.8 Å². The molecule has 0 saturated heterocycles. The lowest BCUT2D eigenvalue weighted by atomic mass is 10.1. The van der Waals surface area contributed by atoms with Gasteiger partial charge in [0.15, 0.2) is 0 Å². The second-order valence-corrected chi connectivity index (χ2v) is 9.20. The van der Waals surface area contributed by atoms with Crippen molar-refractivity contribution in [2.24, 2.45) is 0 Å². The Hall–Kier alpha value is -3.26. The first kappa shape index (κ1) is 20.6. The molecule has 2 aromatic carbocycles. The van der Waals surface area contributed by atoms with E-state index in [1.807, 2.05) is 38.1 Å². The van der Waals surface area contributed by atoms with Crippen molar-refractivity contribution in [2.75, 3.05) is 5.32 Å². The molecule has 1 aliphatic carbocycles. The van der Waals surface area contributed by atoms with E-state index in [2.05, 4.69) is 37.5 Å². The lowest BCUT2D eigenvalue weighted by Crippen LogP contribution is -2.31. The van der Waals surface area contributed by atoms with Gasteiger partial charge in [-0.25, -0.2) is 9.36 Å². The van der Waals surface area contributed by atoms with Crippen LogP contribution in [0.5, 0.6) is 0 Å². The monoisotopic (exact) mass is 491 g/mol. The molecule has 1 amide bonds. The molecule has 0 unspecified atom stereocenters. The van der Waals surface area contributed by atoms with Gasteiger partial charge in [0.2, 0.25) is 5.91 Å². The van der Waals surface area contributed by atoms with Crippen LogP contribution >= 0.6 is 15.9 Å². The van der Waals surface area contributed by atoms with Gasteiger partial charge in [0.25, 0.3) is 5.56 Å². The summed E-state index contributed by atoms with van der Waals surface area (Å²) in [5.41, 5.74) is 4.66. The van der Waals surface area contributed by atoms with Crippen molar-refractivity contribution >= 4 is 38.4 Å². The highest BCUT2D eigenvalue weighted by atomic mass is 79.9. The van der Waals surface area contributed by atoms with Crippen molar-refractivity contribution in [2.45, 2.75) is 39.2 Å². The fourth-order valence-corrected chi connectivity index (χ4v) is 4.22. The summed E-state index contributed by atoms with van der Waals surface area (Å²) >= 11 is 3.38. The van der Waals surface area contributed by atoms with Gasteiger partial charge in [-0.1, -0.05) is 33.6 Å². The zero-order valence-corrected chi connectivity index (χ0v) is 19.4. The first-order valence-corrected chi connectivity index (χ1v) is 11.3. The summed E-state index contributed by atoms with van der Waals surface area (Å²) < 4.78 is 3.88. The second kappa shape index (κ2) is 8.02. The number of hydrogen-bond acceptors (Lipinski definition) is 4. The van der Waals surface area contributed by atoms with Gasteiger partial charge in [-0.05, 0) is 62.6 Å². The second-order valence-electron chi connectivity index (χ2n) is 8.29. The normalized spacial score (nSPS) is 13.5. The van der Waals surface area contributed by atoms with Crippen molar-refractivity contribution < 1.29 is 4.79 Å². The van der Waals surface area contributed by atoms with E-state index in [1.165, 1.54) is 4.68 Å². The van der Waals surface area contributed by atoms with E-state index in [0.29, 0.717) is 17.1 Å². The maximum atomic E-state index is 13.4. The third kappa shape index (κ3) is 3.86. The molecule has 5 rings (SSSR count). The van der Waals surface area contributed by atoms with Crippen LogP contribution in [0.25, 0.3) is 16.6 Å². The van der Waals surface area contributed by atoms with E-state index in [9.17, 15) is 9.59 Å². The van der Waals surface area contributed by atoms with Gasteiger partial charge in [0, 0.05) is 21.5 Å². The fourth-order valence-electron chi connectivity index (χ4n) is 3.95. The number of hydrogen-bond donors (Lipinski definition) is 1. The van der Waals surface area contributed by atoms with Gasteiger partial charge in [-0.15, -0.1) is 0 Å². The van der Waals surface area contributed by atoms with Crippen LogP contribution in [0.2, 0.25) is 0 Å². The summed E-state index contributed by atoms with van der Waals surface area (Å²) in [6, 6.07) is 13.3. The third-order valence-corrected chi connectivity index (χ3v) is 6.21. The highest BCUT2D eigenvalue weighted by Gasteiger charge is 2.30. The molecule has 4 aromatic rings. The Morgan fingerprint density at radius 1 is 1.16 bits per heavy atom. The van der Waals surface area contributed by atoms with Gasteiger partial charge < -0.3 is 5.32 Å². The summed E-state index contributed by atoms with van der Waals surface area (Å²) in [6.07, 6.45) is 3.78. The molecule has 2 heterocycles. The number of nitrogens with one attached hydrogen (secondary N) is 1. The molecule has 0 bridgehead atoms. The van der Waals surface area contributed by atoms with Crippen molar-refractivity contribution in [3.05, 3.63) is 80.3 Å². The summed E-state index contributed by atoms with van der Waals surface area (Å²) in [5.74, 6) is -0.00347. The lowest BCUT2D eigenvalue weighted by molar-refractivity contribution is -0.117. The minimum atomic E-state index is -0.326. The quantitative estimate of drug-likeness (QED) is 0.446. The van der Waals surface area contributed by atoms with Crippen LogP contribution in [-0.4, -0.2) is 25.5 Å². The van der Waals surface area contributed by atoms with Crippen molar-refractivity contribution in [1.82, 2.24) is 19.6 Å². The Balaban J connectivity index is 1.57. The molecule has 32 heavy (non-hydrogen) atoms. The first-order valence-electron chi connectivity index (χ1n) is 10.5. The van der Waals surface area contributed by atoms with Crippen LogP contribution < -0.4 is 10.9 Å². The van der Waals surface area contributed by atoms with Crippen LogP contribution in [0.1, 0.15) is 35.6 Å². The van der Waals surface area contributed by atoms with E-state index < -0.39 is 0 Å². The summed E-state index contributed by atoms with van der Waals surface area (Å²) in [7, 11) is 0. The Morgan fingerprint density at radius 2 is 1.91 bits per heavy atom. The summed E-state index contributed by atoms with van der Waals surface area (Å²) in [6.45, 7) is 3.87. The minimum Gasteiger partial charge on any atom is -0.324 e.